The first-order valence-corrected chi connectivity index (χ1v) is 8.70. The molecular formula is C20H26N2O3. The molecule has 0 heterocycles. The van der Waals surface area contributed by atoms with Crippen molar-refractivity contribution in [1.82, 2.24) is 5.32 Å². The quantitative estimate of drug-likeness (QED) is 0.656. The molecule has 2 N–H and O–H groups in total. The molecule has 0 saturated carbocycles. The number of amides is 2. The highest BCUT2D eigenvalue weighted by atomic mass is 16.5. The summed E-state index contributed by atoms with van der Waals surface area (Å²) in [5.74, 6) is 1.46. The van der Waals surface area contributed by atoms with Crippen LogP contribution in [0.5, 0.6) is 11.5 Å². The SMILES string of the molecule is CCCCc1ccc(NC(=O)NCOc2ccc(OCC)cc2)cc1. The molecule has 2 amide bonds. The zero-order chi connectivity index (χ0) is 17.9. The summed E-state index contributed by atoms with van der Waals surface area (Å²) in [5.41, 5.74) is 2.05. The predicted molar refractivity (Wildman–Crippen MR) is 100 cm³/mol. The minimum absolute atomic E-state index is 0.0917. The summed E-state index contributed by atoms with van der Waals surface area (Å²) in [4.78, 5) is 11.9. The minimum Gasteiger partial charge on any atom is -0.494 e. The molecule has 0 saturated heterocycles. The van der Waals surface area contributed by atoms with Crippen molar-refractivity contribution in [3.63, 3.8) is 0 Å². The molecule has 0 aliphatic carbocycles. The van der Waals surface area contributed by atoms with E-state index >= 15 is 0 Å². The highest BCUT2D eigenvalue weighted by Crippen LogP contribution is 2.17. The fraction of sp³-hybridized carbons (Fsp3) is 0.350. The van der Waals surface area contributed by atoms with Crippen LogP contribution in [0, 0.1) is 0 Å². The van der Waals surface area contributed by atoms with E-state index in [2.05, 4.69) is 17.6 Å². The Morgan fingerprint density at radius 3 is 2.16 bits per heavy atom. The number of hydrogen-bond donors (Lipinski definition) is 2. The molecule has 2 aromatic carbocycles. The van der Waals surface area contributed by atoms with E-state index < -0.39 is 0 Å². The van der Waals surface area contributed by atoms with Gasteiger partial charge in [0.15, 0.2) is 6.73 Å². The number of anilines is 1. The largest absolute Gasteiger partial charge is 0.494 e. The van der Waals surface area contributed by atoms with E-state index in [0.717, 1.165) is 17.9 Å². The molecule has 0 atom stereocenters. The molecule has 0 aromatic heterocycles. The Morgan fingerprint density at radius 2 is 1.56 bits per heavy atom. The van der Waals surface area contributed by atoms with E-state index in [9.17, 15) is 4.79 Å². The third-order valence-electron chi connectivity index (χ3n) is 3.64. The Balaban J connectivity index is 1.71. The van der Waals surface area contributed by atoms with Crippen molar-refractivity contribution >= 4 is 11.7 Å². The van der Waals surface area contributed by atoms with Gasteiger partial charge in [0.2, 0.25) is 0 Å². The summed E-state index contributed by atoms with van der Waals surface area (Å²) in [6.45, 7) is 4.83. The van der Waals surface area contributed by atoms with Gasteiger partial charge in [0.1, 0.15) is 11.5 Å². The standard InChI is InChI=1S/C20H26N2O3/c1-3-5-6-16-7-9-17(10-8-16)22-20(23)21-15-25-19-13-11-18(12-14-19)24-4-2/h7-14H,3-6,15H2,1-2H3,(H2,21,22,23). The van der Waals surface area contributed by atoms with Crippen LogP contribution in [0.2, 0.25) is 0 Å². The zero-order valence-corrected chi connectivity index (χ0v) is 14.9. The number of nitrogens with one attached hydrogen (secondary N) is 2. The van der Waals surface area contributed by atoms with E-state index in [1.165, 1.54) is 18.4 Å². The average Bonchev–Trinajstić information content (AvgIpc) is 2.63. The number of carbonyl (C=O) groups is 1. The number of urea groups is 1. The Hall–Kier alpha value is -2.69. The van der Waals surface area contributed by atoms with Crippen LogP contribution >= 0.6 is 0 Å². The second kappa shape index (κ2) is 10.2. The molecule has 0 aliphatic heterocycles. The normalized spacial score (nSPS) is 10.2. The van der Waals surface area contributed by atoms with Crippen molar-refractivity contribution < 1.29 is 14.3 Å². The number of benzene rings is 2. The van der Waals surface area contributed by atoms with Crippen LogP contribution in [0.15, 0.2) is 48.5 Å². The topological polar surface area (TPSA) is 59.6 Å². The summed E-state index contributed by atoms with van der Waals surface area (Å²) in [6, 6.07) is 14.9. The highest BCUT2D eigenvalue weighted by molar-refractivity contribution is 5.89. The molecule has 2 aromatic rings. The fourth-order valence-electron chi connectivity index (χ4n) is 2.29. The minimum atomic E-state index is -0.299. The second-order valence-electron chi connectivity index (χ2n) is 5.62. The molecule has 0 unspecified atom stereocenters. The van der Waals surface area contributed by atoms with Crippen molar-refractivity contribution in [3.8, 4) is 11.5 Å². The average molecular weight is 342 g/mol. The van der Waals surface area contributed by atoms with Crippen LogP contribution in [0.25, 0.3) is 0 Å². The molecule has 5 heteroatoms. The van der Waals surface area contributed by atoms with Crippen molar-refractivity contribution in [3.05, 3.63) is 54.1 Å². The second-order valence-corrected chi connectivity index (χ2v) is 5.62. The zero-order valence-electron chi connectivity index (χ0n) is 14.9. The first-order chi connectivity index (χ1) is 12.2. The smallest absolute Gasteiger partial charge is 0.321 e. The molecule has 0 radical (unpaired) electrons. The van der Waals surface area contributed by atoms with E-state index in [4.69, 9.17) is 9.47 Å². The van der Waals surface area contributed by atoms with E-state index in [0.29, 0.717) is 12.4 Å². The lowest BCUT2D eigenvalue weighted by Gasteiger charge is -2.10. The van der Waals surface area contributed by atoms with Crippen LogP contribution in [0.1, 0.15) is 32.3 Å². The summed E-state index contributed by atoms with van der Waals surface area (Å²) in [6.07, 6.45) is 3.42. The molecule has 0 fully saturated rings. The fourth-order valence-corrected chi connectivity index (χ4v) is 2.29. The van der Waals surface area contributed by atoms with Crippen molar-refractivity contribution in [2.75, 3.05) is 18.7 Å². The van der Waals surface area contributed by atoms with Crippen molar-refractivity contribution in [2.45, 2.75) is 33.1 Å². The van der Waals surface area contributed by atoms with Crippen LogP contribution in [0.4, 0.5) is 10.5 Å². The van der Waals surface area contributed by atoms with Gasteiger partial charge < -0.3 is 20.1 Å². The lowest BCUT2D eigenvalue weighted by molar-refractivity contribution is 0.234. The maximum absolute atomic E-state index is 11.9. The first kappa shape index (κ1) is 18.6. The Bertz CT molecular complexity index is 639. The molecule has 25 heavy (non-hydrogen) atoms. The summed E-state index contributed by atoms with van der Waals surface area (Å²) in [5, 5.41) is 5.45. The van der Waals surface area contributed by atoms with Crippen molar-refractivity contribution in [2.24, 2.45) is 0 Å². The molecule has 0 aliphatic rings. The number of carbonyl (C=O) groups excluding carboxylic acids is 1. The van der Waals surface area contributed by atoms with Gasteiger partial charge in [-0.1, -0.05) is 25.5 Å². The number of ether oxygens (including phenoxy) is 2. The Morgan fingerprint density at radius 1 is 0.920 bits per heavy atom. The first-order valence-electron chi connectivity index (χ1n) is 8.70. The summed E-state index contributed by atoms with van der Waals surface area (Å²) >= 11 is 0. The maximum Gasteiger partial charge on any atom is 0.321 e. The Kier molecular flexibility index (Phi) is 7.63. The molecule has 0 spiro atoms. The molecule has 0 bridgehead atoms. The van der Waals surface area contributed by atoms with E-state index in [1.54, 1.807) is 12.1 Å². The van der Waals surface area contributed by atoms with Gasteiger partial charge >= 0.3 is 6.03 Å². The van der Waals surface area contributed by atoms with E-state index in [-0.39, 0.29) is 12.8 Å². The van der Waals surface area contributed by atoms with Gasteiger partial charge in [-0.3, -0.25) is 0 Å². The van der Waals surface area contributed by atoms with Crippen LogP contribution in [0.3, 0.4) is 0 Å². The molecule has 134 valence electrons. The van der Waals surface area contributed by atoms with Gasteiger partial charge in [0, 0.05) is 5.69 Å². The number of aryl methyl sites for hydroxylation is 1. The third kappa shape index (κ3) is 6.75. The van der Waals surface area contributed by atoms with Gasteiger partial charge in [-0.05, 0) is 61.7 Å². The predicted octanol–water partition coefficient (Wildman–Crippen LogP) is 4.59. The third-order valence-corrected chi connectivity index (χ3v) is 3.64. The summed E-state index contributed by atoms with van der Waals surface area (Å²) < 4.78 is 10.8. The van der Waals surface area contributed by atoms with Gasteiger partial charge in [-0.25, -0.2) is 4.79 Å². The maximum atomic E-state index is 11.9. The summed E-state index contributed by atoms with van der Waals surface area (Å²) in [7, 11) is 0. The van der Waals surface area contributed by atoms with Gasteiger partial charge in [-0.15, -0.1) is 0 Å². The van der Waals surface area contributed by atoms with Crippen LogP contribution in [-0.2, 0) is 6.42 Å². The van der Waals surface area contributed by atoms with Crippen molar-refractivity contribution in [1.29, 1.82) is 0 Å². The molecular weight excluding hydrogens is 316 g/mol. The Labute approximate surface area is 149 Å². The number of unbranched alkanes of at least 4 members (excludes halogenated alkanes) is 1. The van der Waals surface area contributed by atoms with Gasteiger partial charge in [0.05, 0.1) is 6.61 Å². The van der Waals surface area contributed by atoms with Gasteiger partial charge in [0.25, 0.3) is 0 Å². The number of rotatable bonds is 9. The number of hydrogen-bond acceptors (Lipinski definition) is 3. The van der Waals surface area contributed by atoms with Crippen LogP contribution < -0.4 is 20.1 Å². The lowest BCUT2D eigenvalue weighted by Crippen LogP contribution is -2.31. The van der Waals surface area contributed by atoms with Gasteiger partial charge in [-0.2, -0.15) is 0 Å². The monoisotopic (exact) mass is 342 g/mol. The molecule has 5 nitrogen and oxygen atoms in total. The van der Waals surface area contributed by atoms with Crippen LogP contribution in [-0.4, -0.2) is 19.4 Å². The lowest BCUT2D eigenvalue weighted by atomic mass is 10.1. The molecule has 2 rings (SSSR count). The van der Waals surface area contributed by atoms with E-state index in [1.807, 2.05) is 43.3 Å². The highest BCUT2D eigenvalue weighted by Gasteiger charge is 2.02.